The Balaban J connectivity index is 2.52. The summed E-state index contributed by atoms with van der Waals surface area (Å²) in [5.74, 6) is 2.52. The first kappa shape index (κ1) is 13.8. The number of halogens is 4. The summed E-state index contributed by atoms with van der Waals surface area (Å²) in [5, 5.41) is 0.848. The summed E-state index contributed by atoms with van der Waals surface area (Å²) >= 11 is 0. The molecule has 0 saturated carbocycles. The average Bonchev–Trinajstić information content (AvgIpc) is 2.32. The molecule has 0 spiro atoms. The van der Waals surface area contributed by atoms with E-state index in [4.69, 9.17) is 5.84 Å². The van der Waals surface area contributed by atoms with E-state index in [-0.39, 0.29) is 13.0 Å². The van der Waals surface area contributed by atoms with Crippen molar-refractivity contribution in [3.63, 3.8) is 0 Å². The van der Waals surface area contributed by atoms with Crippen molar-refractivity contribution in [1.82, 2.24) is 5.01 Å². The number of alkyl halides is 3. The Hall–Kier alpha value is -1.63. The average molecular weight is 276 g/mol. The Bertz CT molecular complexity index is 501. The fourth-order valence-corrected chi connectivity index (χ4v) is 2.31. The van der Waals surface area contributed by atoms with Crippen molar-refractivity contribution in [2.24, 2.45) is 5.84 Å². The van der Waals surface area contributed by atoms with Gasteiger partial charge in [-0.3, -0.25) is 9.80 Å². The number of carbonyl (C=O) groups excluding carboxylic acids is 1. The SMILES string of the molecule is NN1CCCC(c2c(F)cccc2C(F)(F)F)C1=O. The van der Waals surface area contributed by atoms with Crippen LogP contribution in [0.1, 0.15) is 29.9 Å². The number of amides is 1. The van der Waals surface area contributed by atoms with Crippen LogP contribution in [0.15, 0.2) is 18.2 Å². The lowest BCUT2D eigenvalue weighted by atomic mass is 9.86. The second-order valence-electron chi connectivity index (χ2n) is 4.43. The van der Waals surface area contributed by atoms with Gasteiger partial charge in [-0.15, -0.1) is 0 Å². The van der Waals surface area contributed by atoms with Gasteiger partial charge < -0.3 is 0 Å². The van der Waals surface area contributed by atoms with Crippen LogP contribution < -0.4 is 5.84 Å². The monoisotopic (exact) mass is 276 g/mol. The molecular weight excluding hydrogens is 264 g/mol. The molecule has 3 nitrogen and oxygen atoms in total. The number of hydrogen-bond acceptors (Lipinski definition) is 2. The molecule has 1 saturated heterocycles. The molecule has 19 heavy (non-hydrogen) atoms. The van der Waals surface area contributed by atoms with Gasteiger partial charge in [-0.05, 0) is 25.0 Å². The van der Waals surface area contributed by atoms with Gasteiger partial charge in [-0.1, -0.05) is 6.07 Å². The first-order valence-electron chi connectivity index (χ1n) is 5.74. The van der Waals surface area contributed by atoms with E-state index in [2.05, 4.69) is 0 Å². The van der Waals surface area contributed by atoms with Crippen molar-refractivity contribution in [3.8, 4) is 0 Å². The molecule has 0 radical (unpaired) electrons. The van der Waals surface area contributed by atoms with Gasteiger partial charge in [0.15, 0.2) is 0 Å². The number of hydrazine groups is 1. The fourth-order valence-electron chi connectivity index (χ4n) is 2.31. The number of carbonyl (C=O) groups is 1. The molecule has 1 amide bonds. The van der Waals surface area contributed by atoms with Crippen LogP contribution in [0.2, 0.25) is 0 Å². The lowest BCUT2D eigenvalue weighted by Gasteiger charge is -2.30. The number of hydrogen-bond donors (Lipinski definition) is 1. The number of piperidine rings is 1. The van der Waals surface area contributed by atoms with Gasteiger partial charge in [-0.25, -0.2) is 10.2 Å². The Morgan fingerprint density at radius 2 is 2.00 bits per heavy atom. The Labute approximate surface area is 107 Å². The third kappa shape index (κ3) is 2.56. The van der Waals surface area contributed by atoms with Crippen molar-refractivity contribution in [2.45, 2.75) is 24.9 Å². The van der Waals surface area contributed by atoms with Crippen molar-refractivity contribution in [2.75, 3.05) is 6.54 Å². The third-order valence-corrected chi connectivity index (χ3v) is 3.18. The summed E-state index contributed by atoms with van der Waals surface area (Å²) in [6.45, 7) is 0.269. The maximum absolute atomic E-state index is 13.8. The third-order valence-electron chi connectivity index (χ3n) is 3.18. The molecule has 0 aromatic heterocycles. The van der Waals surface area contributed by atoms with E-state index in [9.17, 15) is 22.4 Å². The van der Waals surface area contributed by atoms with Gasteiger partial charge in [0.05, 0.1) is 11.5 Å². The number of nitrogens with two attached hydrogens (primary N) is 1. The predicted molar refractivity (Wildman–Crippen MR) is 59.3 cm³/mol. The quantitative estimate of drug-likeness (QED) is 0.486. The molecule has 1 aliphatic heterocycles. The molecule has 1 aliphatic rings. The molecule has 104 valence electrons. The van der Waals surface area contributed by atoms with E-state index < -0.39 is 34.9 Å². The highest BCUT2D eigenvalue weighted by Gasteiger charge is 2.40. The van der Waals surface area contributed by atoms with Crippen molar-refractivity contribution < 1.29 is 22.4 Å². The van der Waals surface area contributed by atoms with Crippen molar-refractivity contribution >= 4 is 5.91 Å². The van der Waals surface area contributed by atoms with Crippen molar-refractivity contribution in [1.29, 1.82) is 0 Å². The zero-order valence-corrected chi connectivity index (χ0v) is 9.88. The molecule has 0 bridgehead atoms. The Morgan fingerprint density at radius 3 is 2.63 bits per heavy atom. The summed E-state index contributed by atoms with van der Waals surface area (Å²) < 4.78 is 52.4. The second kappa shape index (κ2) is 4.80. The highest BCUT2D eigenvalue weighted by atomic mass is 19.4. The largest absolute Gasteiger partial charge is 0.416 e. The van der Waals surface area contributed by atoms with Crippen LogP contribution in [0.5, 0.6) is 0 Å². The maximum Gasteiger partial charge on any atom is 0.416 e. The summed E-state index contributed by atoms with van der Waals surface area (Å²) in [5.41, 5.74) is -1.71. The maximum atomic E-state index is 13.8. The predicted octanol–water partition coefficient (Wildman–Crippen LogP) is 2.42. The Morgan fingerprint density at radius 1 is 1.32 bits per heavy atom. The van der Waals surface area contributed by atoms with Crippen LogP contribution in [0.3, 0.4) is 0 Å². The van der Waals surface area contributed by atoms with E-state index in [0.717, 1.165) is 23.2 Å². The van der Waals surface area contributed by atoms with E-state index in [1.54, 1.807) is 0 Å². The molecule has 0 aliphatic carbocycles. The first-order valence-corrected chi connectivity index (χ1v) is 5.74. The number of rotatable bonds is 1. The van der Waals surface area contributed by atoms with Crippen LogP contribution in [0, 0.1) is 5.82 Å². The van der Waals surface area contributed by atoms with Crippen molar-refractivity contribution in [3.05, 3.63) is 35.1 Å². The van der Waals surface area contributed by atoms with Crippen LogP contribution in [-0.2, 0) is 11.0 Å². The molecule has 1 aromatic rings. The van der Waals surface area contributed by atoms with Gasteiger partial charge in [0.1, 0.15) is 5.82 Å². The molecular formula is C12H12F4N2O. The van der Waals surface area contributed by atoms with E-state index in [1.807, 2.05) is 0 Å². The minimum absolute atomic E-state index is 0.163. The zero-order valence-electron chi connectivity index (χ0n) is 9.88. The minimum Gasteiger partial charge on any atom is -0.280 e. The lowest BCUT2D eigenvalue weighted by Crippen LogP contribution is -2.45. The molecule has 2 rings (SSSR count). The number of nitrogens with zero attached hydrogens (tertiary/aromatic N) is 1. The van der Waals surface area contributed by atoms with Crippen LogP contribution >= 0.6 is 0 Å². The molecule has 7 heteroatoms. The number of benzene rings is 1. The molecule has 1 heterocycles. The minimum atomic E-state index is -4.70. The van der Waals surface area contributed by atoms with Gasteiger partial charge >= 0.3 is 6.18 Å². The fraction of sp³-hybridized carbons (Fsp3) is 0.417. The molecule has 1 fully saturated rings. The van der Waals surface area contributed by atoms with Crippen LogP contribution in [-0.4, -0.2) is 17.5 Å². The lowest BCUT2D eigenvalue weighted by molar-refractivity contribution is -0.140. The van der Waals surface area contributed by atoms with Gasteiger partial charge in [0.25, 0.3) is 0 Å². The molecule has 1 aromatic carbocycles. The smallest absolute Gasteiger partial charge is 0.280 e. The van der Waals surface area contributed by atoms with E-state index in [1.165, 1.54) is 0 Å². The van der Waals surface area contributed by atoms with Crippen LogP contribution in [0.25, 0.3) is 0 Å². The summed E-state index contributed by atoms with van der Waals surface area (Å²) in [6.07, 6.45) is -4.09. The summed E-state index contributed by atoms with van der Waals surface area (Å²) in [4.78, 5) is 11.8. The van der Waals surface area contributed by atoms with Gasteiger partial charge in [-0.2, -0.15) is 13.2 Å². The molecule has 2 N–H and O–H groups in total. The van der Waals surface area contributed by atoms with Crippen LogP contribution in [0.4, 0.5) is 17.6 Å². The molecule has 1 atom stereocenters. The highest BCUT2D eigenvalue weighted by molar-refractivity contribution is 5.84. The topological polar surface area (TPSA) is 46.3 Å². The first-order chi connectivity index (χ1) is 8.82. The summed E-state index contributed by atoms with van der Waals surface area (Å²) in [6, 6.07) is 2.68. The van der Waals surface area contributed by atoms with Gasteiger partial charge in [0, 0.05) is 12.1 Å². The normalized spacial score (nSPS) is 20.8. The molecule has 1 unspecified atom stereocenters. The van der Waals surface area contributed by atoms with E-state index >= 15 is 0 Å². The van der Waals surface area contributed by atoms with Gasteiger partial charge in [0.2, 0.25) is 5.91 Å². The summed E-state index contributed by atoms with van der Waals surface area (Å²) in [7, 11) is 0. The zero-order chi connectivity index (χ0) is 14.2. The van der Waals surface area contributed by atoms with E-state index in [0.29, 0.717) is 6.42 Å². The second-order valence-corrected chi connectivity index (χ2v) is 4.43. The standard InChI is InChI=1S/C12H12F4N2O/c13-9-5-1-4-8(12(14,15)16)10(9)7-3-2-6-18(17)11(7)19/h1,4-5,7H,2-3,6,17H2. The Kier molecular flexibility index (Phi) is 3.49. The highest BCUT2D eigenvalue weighted by Crippen LogP contribution is 2.39.